The number of anilines is 3. The topological polar surface area (TPSA) is 126 Å². The van der Waals surface area contributed by atoms with E-state index < -0.39 is 24.2 Å². The summed E-state index contributed by atoms with van der Waals surface area (Å²) >= 11 is 0. The van der Waals surface area contributed by atoms with Gasteiger partial charge in [0.2, 0.25) is 0 Å². The van der Waals surface area contributed by atoms with E-state index in [2.05, 4.69) is 26.0 Å². The Balaban J connectivity index is 1.48. The number of carbonyl (C=O) groups excluding carboxylic acids is 1. The van der Waals surface area contributed by atoms with Gasteiger partial charge in [-0.1, -0.05) is 0 Å². The lowest BCUT2D eigenvalue weighted by molar-refractivity contribution is 0.0826. The second-order valence-electron chi connectivity index (χ2n) is 8.57. The largest absolute Gasteiger partial charge is 0.391 e. The molecule has 4 N–H and O–H groups in total. The van der Waals surface area contributed by atoms with E-state index >= 15 is 0 Å². The summed E-state index contributed by atoms with van der Waals surface area (Å²) in [5.41, 5.74) is 0.533. The second kappa shape index (κ2) is 8.47. The number of aliphatic hydroxyl groups is 1. The minimum Gasteiger partial charge on any atom is -0.391 e. The Morgan fingerprint density at radius 2 is 2.12 bits per heavy atom. The third-order valence-corrected chi connectivity index (χ3v) is 6.52. The van der Waals surface area contributed by atoms with Crippen molar-refractivity contribution in [3.63, 3.8) is 0 Å². The molecule has 1 unspecified atom stereocenters. The number of hydrogen-bond acceptors (Lipinski definition) is 7. The van der Waals surface area contributed by atoms with Crippen molar-refractivity contribution in [3.8, 4) is 0 Å². The van der Waals surface area contributed by atoms with Crippen LogP contribution in [0.3, 0.4) is 0 Å². The van der Waals surface area contributed by atoms with E-state index in [1.165, 1.54) is 10.7 Å². The fraction of sp³-hybridized carbons (Fsp3) is 0.455. The molecule has 0 radical (unpaired) electrons. The highest BCUT2D eigenvalue weighted by atomic mass is 19.1. The Kier molecular flexibility index (Phi) is 5.49. The summed E-state index contributed by atoms with van der Waals surface area (Å²) in [6.45, 7) is 0. The van der Waals surface area contributed by atoms with Gasteiger partial charge < -0.3 is 25.6 Å². The van der Waals surface area contributed by atoms with Crippen molar-refractivity contribution in [1.82, 2.24) is 24.5 Å². The average Bonchev–Trinajstić information content (AvgIpc) is 3.43. The maximum absolute atomic E-state index is 13.6. The number of pyridine rings is 1. The van der Waals surface area contributed by atoms with E-state index in [-0.39, 0.29) is 22.8 Å². The first-order chi connectivity index (χ1) is 16.0. The highest BCUT2D eigenvalue weighted by molar-refractivity contribution is 6.00. The maximum Gasteiger partial charge on any atom is 0.274 e. The Morgan fingerprint density at radius 1 is 1.27 bits per heavy atom. The van der Waals surface area contributed by atoms with Crippen molar-refractivity contribution in [3.05, 3.63) is 46.5 Å². The molecule has 0 aromatic carbocycles. The van der Waals surface area contributed by atoms with Crippen molar-refractivity contribution in [2.24, 2.45) is 0 Å². The van der Waals surface area contributed by atoms with E-state index in [9.17, 15) is 19.1 Å². The molecule has 2 saturated carbocycles. The zero-order valence-electron chi connectivity index (χ0n) is 18.2. The van der Waals surface area contributed by atoms with Crippen LogP contribution in [0, 0.1) is 0 Å². The standard InChI is InChI=1S/C22H26FN7O3/c1-24-19-10-18(26-15-4-3-9-29(22(15)33)16-5-2-6-17(16)31)28-20-12(11-25-30(19)20)21(32)27-14-8-7-13(14)23/h3-4,9-11,13-14,16-17,24,31H,2,5-8H2,1H3,(H,26,28)(H,27,32)/t13-,14-,16?,17+/m0/s1. The monoisotopic (exact) mass is 455 g/mol. The van der Waals surface area contributed by atoms with Crippen LogP contribution in [0.2, 0.25) is 0 Å². The summed E-state index contributed by atoms with van der Waals surface area (Å²) in [6.07, 6.45) is 4.83. The van der Waals surface area contributed by atoms with Gasteiger partial charge in [0.25, 0.3) is 11.5 Å². The van der Waals surface area contributed by atoms with E-state index in [0.717, 1.165) is 12.8 Å². The summed E-state index contributed by atoms with van der Waals surface area (Å²) in [5.74, 6) is 0.451. The molecule has 4 atom stereocenters. The Bertz CT molecular complexity index is 1260. The summed E-state index contributed by atoms with van der Waals surface area (Å²) in [4.78, 5) is 30.3. The van der Waals surface area contributed by atoms with Crippen LogP contribution in [0.1, 0.15) is 48.5 Å². The van der Waals surface area contributed by atoms with Crippen LogP contribution in [0.25, 0.3) is 5.65 Å². The molecule has 0 spiro atoms. The lowest BCUT2D eigenvalue weighted by Gasteiger charge is -2.30. The van der Waals surface area contributed by atoms with E-state index in [0.29, 0.717) is 36.6 Å². The predicted molar refractivity (Wildman–Crippen MR) is 121 cm³/mol. The van der Waals surface area contributed by atoms with Crippen LogP contribution in [0.4, 0.5) is 21.7 Å². The molecule has 3 heterocycles. The van der Waals surface area contributed by atoms with Crippen molar-refractivity contribution in [2.75, 3.05) is 17.7 Å². The van der Waals surface area contributed by atoms with E-state index in [1.807, 2.05) is 0 Å². The molecule has 2 aliphatic carbocycles. The average molecular weight is 455 g/mol. The number of aliphatic hydroxyl groups excluding tert-OH is 1. The number of amides is 1. The van der Waals surface area contributed by atoms with Gasteiger partial charge in [0, 0.05) is 19.3 Å². The Labute approximate surface area is 188 Å². The number of carbonyl (C=O) groups is 1. The second-order valence-corrected chi connectivity index (χ2v) is 8.57. The van der Waals surface area contributed by atoms with Crippen molar-refractivity contribution in [1.29, 1.82) is 0 Å². The first kappa shape index (κ1) is 21.4. The maximum atomic E-state index is 13.6. The molecule has 33 heavy (non-hydrogen) atoms. The van der Waals surface area contributed by atoms with Gasteiger partial charge in [-0.2, -0.15) is 9.61 Å². The van der Waals surface area contributed by atoms with Crippen LogP contribution in [0.5, 0.6) is 0 Å². The molecule has 3 aromatic rings. The van der Waals surface area contributed by atoms with Crippen LogP contribution in [0.15, 0.2) is 35.4 Å². The van der Waals surface area contributed by atoms with E-state index in [4.69, 9.17) is 0 Å². The van der Waals surface area contributed by atoms with Crippen LogP contribution < -0.4 is 21.5 Å². The minimum atomic E-state index is -1.03. The number of halogens is 1. The van der Waals surface area contributed by atoms with Gasteiger partial charge in [0.05, 0.1) is 24.4 Å². The summed E-state index contributed by atoms with van der Waals surface area (Å²) in [7, 11) is 1.71. The predicted octanol–water partition coefficient (Wildman–Crippen LogP) is 1.99. The smallest absolute Gasteiger partial charge is 0.274 e. The molecular formula is C22H26FN7O3. The zero-order valence-corrected chi connectivity index (χ0v) is 18.2. The molecule has 11 heteroatoms. The molecule has 3 aromatic heterocycles. The number of hydrogen-bond donors (Lipinski definition) is 4. The van der Waals surface area contributed by atoms with Crippen LogP contribution in [-0.2, 0) is 0 Å². The number of alkyl halides is 1. The van der Waals surface area contributed by atoms with Crippen molar-refractivity contribution in [2.45, 2.75) is 56.5 Å². The molecule has 174 valence electrons. The molecule has 1 amide bonds. The summed E-state index contributed by atoms with van der Waals surface area (Å²) in [5, 5.41) is 23.2. The number of nitrogens with zero attached hydrogens (tertiary/aromatic N) is 4. The molecule has 0 aliphatic heterocycles. The molecule has 10 nitrogen and oxygen atoms in total. The molecule has 2 fully saturated rings. The quantitative estimate of drug-likeness (QED) is 0.448. The first-order valence-corrected chi connectivity index (χ1v) is 11.1. The zero-order chi connectivity index (χ0) is 23.1. The van der Waals surface area contributed by atoms with Gasteiger partial charge in [-0.3, -0.25) is 9.59 Å². The van der Waals surface area contributed by atoms with Gasteiger partial charge in [0.15, 0.2) is 5.65 Å². The molecule has 5 rings (SSSR count). The normalized spacial score (nSPS) is 24.5. The van der Waals surface area contributed by atoms with Gasteiger partial charge in [-0.25, -0.2) is 9.37 Å². The third kappa shape index (κ3) is 3.82. The number of rotatable bonds is 6. The Hall–Kier alpha value is -3.47. The lowest BCUT2D eigenvalue weighted by atomic mass is 9.90. The lowest BCUT2D eigenvalue weighted by Crippen LogP contribution is -2.48. The molecule has 0 bridgehead atoms. The third-order valence-electron chi connectivity index (χ3n) is 6.52. The first-order valence-electron chi connectivity index (χ1n) is 11.1. The van der Waals surface area contributed by atoms with Crippen LogP contribution >= 0.6 is 0 Å². The van der Waals surface area contributed by atoms with Crippen LogP contribution in [-0.4, -0.2) is 55.5 Å². The van der Waals surface area contributed by atoms with Crippen molar-refractivity contribution >= 4 is 28.9 Å². The molecule has 2 aliphatic rings. The fourth-order valence-corrected chi connectivity index (χ4v) is 4.48. The van der Waals surface area contributed by atoms with Gasteiger partial charge in [0.1, 0.15) is 29.1 Å². The number of nitrogens with one attached hydrogen (secondary N) is 3. The SMILES string of the molecule is CNc1cc(Nc2cccn(C3CCC[C@H]3O)c2=O)nc2c(C(=O)N[C@H]3CC[C@@H]3F)cnn12. The van der Waals surface area contributed by atoms with E-state index in [1.54, 1.807) is 36.0 Å². The molecule has 0 saturated heterocycles. The highest BCUT2D eigenvalue weighted by Crippen LogP contribution is 2.29. The van der Waals surface area contributed by atoms with Gasteiger partial charge in [-0.15, -0.1) is 0 Å². The number of fused-ring (bicyclic) bond motifs is 1. The minimum absolute atomic E-state index is 0.216. The summed E-state index contributed by atoms with van der Waals surface area (Å²) in [6, 6.07) is 4.32. The molecular weight excluding hydrogens is 429 g/mol. The number of aromatic nitrogens is 4. The fourth-order valence-electron chi connectivity index (χ4n) is 4.48. The summed E-state index contributed by atoms with van der Waals surface area (Å²) < 4.78 is 16.6. The van der Waals surface area contributed by atoms with Crippen molar-refractivity contribution < 1.29 is 14.3 Å². The van der Waals surface area contributed by atoms with Gasteiger partial charge >= 0.3 is 0 Å². The van der Waals surface area contributed by atoms with Gasteiger partial charge in [-0.05, 0) is 44.2 Å². The highest BCUT2D eigenvalue weighted by Gasteiger charge is 2.33. The Morgan fingerprint density at radius 3 is 2.79 bits per heavy atom.